The summed E-state index contributed by atoms with van der Waals surface area (Å²) < 4.78 is 5.88. The molecule has 0 aliphatic heterocycles. The molecule has 3 aromatic rings. The predicted octanol–water partition coefficient (Wildman–Crippen LogP) is 4.98. The van der Waals surface area contributed by atoms with E-state index in [-0.39, 0.29) is 12.5 Å². The highest BCUT2D eigenvalue weighted by molar-refractivity contribution is 6.06. The van der Waals surface area contributed by atoms with Crippen LogP contribution in [0.25, 0.3) is 0 Å². The molecule has 0 radical (unpaired) electrons. The zero-order valence-electron chi connectivity index (χ0n) is 18.6. The monoisotopic (exact) mass is 432 g/mol. The predicted molar refractivity (Wildman–Crippen MR) is 129 cm³/mol. The average molecular weight is 433 g/mol. The van der Waals surface area contributed by atoms with Crippen molar-refractivity contribution in [1.29, 1.82) is 0 Å². The SMILES string of the molecule is CCCCN(Cc1ccccc1)C[C@@H](O)COc1ccccc1C(=O)Nc1ccccc1. The number of nitrogens with zero attached hydrogens (tertiary/aromatic N) is 1. The molecule has 2 N–H and O–H groups in total. The van der Waals surface area contributed by atoms with Crippen LogP contribution in [-0.2, 0) is 6.54 Å². The number of hydrogen-bond acceptors (Lipinski definition) is 4. The van der Waals surface area contributed by atoms with Crippen molar-refractivity contribution in [3.8, 4) is 5.75 Å². The molecule has 0 aliphatic carbocycles. The fraction of sp³-hybridized carbons (Fsp3) is 0.296. The highest BCUT2D eigenvalue weighted by atomic mass is 16.5. The molecule has 0 heterocycles. The van der Waals surface area contributed by atoms with E-state index in [9.17, 15) is 9.90 Å². The van der Waals surface area contributed by atoms with Crippen LogP contribution in [0.1, 0.15) is 35.7 Å². The summed E-state index contributed by atoms with van der Waals surface area (Å²) in [5, 5.41) is 13.5. The lowest BCUT2D eigenvalue weighted by Gasteiger charge is -2.25. The molecule has 168 valence electrons. The molecule has 1 amide bonds. The molecular weight excluding hydrogens is 400 g/mol. The molecule has 3 rings (SSSR count). The number of unbranched alkanes of at least 4 members (excludes halogenated alkanes) is 1. The van der Waals surface area contributed by atoms with Gasteiger partial charge in [0.25, 0.3) is 5.91 Å². The number of carbonyl (C=O) groups is 1. The first-order chi connectivity index (χ1) is 15.7. The van der Waals surface area contributed by atoms with Gasteiger partial charge in [-0.1, -0.05) is 74.0 Å². The van der Waals surface area contributed by atoms with Crippen molar-refractivity contribution in [2.45, 2.75) is 32.4 Å². The van der Waals surface area contributed by atoms with Crippen molar-refractivity contribution in [1.82, 2.24) is 4.90 Å². The maximum atomic E-state index is 12.7. The van der Waals surface area contributed by atoms with Crippen LogP contribution in [0.2, 0.25) is 0 Å². The first-order valence-corrected chi connectivity index (χ1v) is 11.2. The molecule has 0 aliphatic rings. The molecule has 0 fully saturated rings. The summed E-state index contributed by atoms with van der Waals surface area (Å²) in [6.45, 7) is 4.49. The van der Waals surface area contributed by atoms with Crippen LogP contribution in [0, 0.1) is 0 Å². The van der Waals surface area contributed by atoms with E-state index in [1.54, 1.807) is 18.2 Å². The van der Waals surface area contributed by atoms with E-state index in [2.05, 4.69) is 29.3 Å². The van der Waals surface area contributed by atoms with Crippen LogP contribution in [0.15, 0.2) is 84.9 Å². The Hall–Kier alpha value is -3.15. The Morgan fingerprint density at radius 2 is 1.62 bits per heavy atom. The molecule has 0 spiro atoms. The summed E-state index contributed by atoms with van der Waals surface area (Å²) in [4.78, 5) is 15.0. The highest BCUT2D eigenvalue weighted by Gasteiger charge is 2.16. The third-order valence-corrected chi connectivity index (χ3v) is 5.14. The van der Waals surface area contributed by atoms with Gasteiger partial charge in [0.15, 0.2) is 0 Å². The molecule has 0 bridgehead atoms. The van der Waals surface area contributed by atoms with Crippen molar-refractivity contribution in [3.05, 3.63) is 96.1 Å². The number of amides is 1. The lowest BCUT2D eigenvalue weighted by molar-refractivity contribution is 0.0644. The number of nitrogens with one attached hydrogen (secondary N) is 1. The summed E-state index contributed by atoms with van der Waals surface area (Å²) in [6, 6.07) is 26.7. The molecule has 0 unspecified atom stereocenters. The van der Waals surface area contributed by atoms with E-state index in [1.165, 1.54) is 5.56 Å². The fourth-order valence-corrected chi connectivity index (χ4v) is 3.49. The van der Waals surface area contributed by atoms with Crippen molar-refractivity contribution in [2.75, 3.05) is 25.0 Å². The maximum absolute atomic E-state index is 12.7. The minimum atomic E-state index is -0.666. The van der Waals surface area contributed by atoms with Crippen LogP contribution >= 0.6 is 0 Å². The van der Waals surface area contributed by atoms with Gasteiger partial charge in [-0.25, -0.2) is 0 Å². The number of anilines is 1. The van der Waals surface area contributed by atoms with E-state index in [0.717, 1.165) is 31.6 Å². The van der Waals surface area contributed by atoms with E-state index in [4.69, 9.17) is 4.74 Å². The first kappa shape index (κ1) is 23.5. The zero-order valence-corrected chi connectivity index (χ0v) is 18.6. The number of para-hydroxylation sites is 2. The van der Waals surface area contributed by atoms with Crippen LogP contribution in [0.5, 0.6) is 5.75 Å². The van der Waals surface area contributed by atoms with Gasteiger partial charge in [-0.15, -0.1) is 0 Å². The summed E-state index contributed by atoms with van der Waals surface area (Å²) in [5.74, 6) is 0.220. The van der Waals surface area contributed by atoms with Gasteiger partial charge in [0.05, 0.1) is 5.56 Å². The Bertz CT molecular complexity index is 947. The van der Waals surface area contributed by atoms with Crippen molar-refractivity contribution in [3.63, 3.8) is 0 Å². The minimum absolute atomic E-state index is 0.118. The van der Waals surface area contributed by atoms with Crippen LogP contribution in [0.4, 0.5) is 5.69 Å². The molecule has 0 saturated heterocycles. The van der Waals surface area contributed by atoms with E-state index in [0.29, 0.717) is 17.9 Å². The van der Waals surface area contributed by atoms with Gasteiger partial charge in [-0.05, 0) is 42.8 Å². The quantitative estimate of drug-likeness (QED) is 0.424. The number of benzene rings is 3. The Balaban J connectivity index is 1.58. The normalized spacial score (nSPS) is 11.8. The first-order valence-electron chi connectivity index (χ1n) is 11.2. The van der Waals surface area contributed by atoms with Gasteiger partial charge in [-0.3, -0.25) is 9.69 Å². The van der Waals surface area contributed by atoms with Crippen molar-refractivity contribution in [2.24, 2.45) is 0 Å². The van der Waals surface area contributed by atoms with Gasteiger partial charge in [-0.2, -0.15) is 0 Å². The van der Waals surface area contributed by atoms with E-state index >= 15 is 0 Å². The van der Waals surface area contributed by atoms with Gasteiger partial charge < -0.3 is 15.2 Å². The van der Waals surface area contributed by atoms with E-state index < -0.39 is 6.10 Å². The lowest BCUT2D eigenvalue weighted by atomic mass is 10.1. The molecule has 5 heteroatoms. The lowest BCUT2D eigenvalue weighted by Crippen LogP contribution is -2.36. The largest absolute Gasteiger partial charge is 0.490 e. The number of hydrogen-bond donors (Lipinski definition) is 2. The molecule has 32 heavy (non-hydrogen) atoms. The third-order valence-electron chi connectivity index (χ3n) is 5.14. The zero-order chi connectivity index (χ0) is 22.6. The van der Waals surface area contributed by atoms with Crippen LogP contribution < -0.4 is 10.1 Å². The molecule has 5 nitrogen and oxygen atoms in total. The number of rotatable bonds is 12. The van der Waals surface area contributed by atoms with Crippen molar-refractivity contribution >= 4 is 11.6 Å². The second-order valence-electron chi connectivity index (χ2n) is 7.86. The summed E-state index contributed by atoms with van der Waals surface area (Å²) in [5.41, 5.74) is 2.38. The average Bonchev–Trinajstić information content (AvgIpc) is 2.82. The molecule has 1 atom stereocenters. The Morgan fingerprint density at radius 1 is 0.969 bits per heavy atom. The molecule has 0 saturated carbocycles. The molecule has 0 aromatic heterocycles. The van der Waals surface area contributed by atoms with Crippen LogP contribution in [-0.4, -0.2) is 41.7 Å². The number of aliphatic hydroxyl groups is 1. The van der Waals surface area contributed by atoms with Gasteiger partial charge >= 0.3 is 0 Å². The topological polar surface area (TPSA) is 61.8 Å². The smallest absolute Gasteiger partial charge is 0.259 e. The molecular formula is C27H32N2O3. The Labute approximate surface area is 190 Å². The van der Waals surface area contributed by atoms with E-state index in [1.807, 2.05) is 54.6 Å². The van der Waals surface area contributed by atoms with Gasteiger partial charge in [0, 0.05) is 18.8 Å². The Morgan fingerprint density at radius 3 is 2.34 bits per heavy atom. The van der Waals surface area contributed by atoms with Crippen LogP contribution in [0.3, 0.4) is 0 Å². The van der Waals surface area contributed by atoms with Gasteiger partial charge in [0.2, 0.25) is 0 Å². The standard InChI is InChI=1S/C27H32N2O3/c1-2-3-18-29(19-22-12-6-4-7-13-22)20-24(30)21-32-26-17-11-10-16-25(26)27(31)28-23-14-8-5-9-15-23/h4-17,24,30H,2-3,18-21H2,1H3,(H,28,31)/t24-/m1/s1. The second-order valence-corrected chi connectivity index (χ2v) is 7.86. The summed E-state index contributed by atoms with van der Waals surface area (Å²) >= 11 is 0. The Kier molecular flexibility index (Phi) is 9.29. The minimum Gasteiger partial charge on any atom is -0.490 e. The van der Waals surface area contributed by atoms with Crippen molar-refractivity contribution < 1.29 is 14.6 Å². The van der Waals surface area contributed by atoms with Gasteiger partial charge in [0.1, 0.15) is 18.5 Å². The molecule has 3 aromatic carbocycles. The second kappa shape index (κ2) is 12.6. The number of aliphatic hydroxyl groups excluding tert-OH is 1. The fourth-order valence-electron chi connectivity index (χ4n) is 3.49. The highest BCUT2D eigenvalue weighted by Crippen LogP contribution is 2.20. The maximum Gasteiger partial charge on any atom is 0.259 e. The third kappa shape index (κ3) is 7.52. The number of carbonyl (C=O) groups excluding carboxylic acids is 1. The summed E-state index contributed by atoms with van der Waals surface area (Å²) in [6.07, 6.45) is 1.51. The summed E-state index contributed by atoms with van der Waals surface area (Å²) in [7, 11) is 0. The number of ether oxygens (including phenoxy) is 1.